The second kappa shape index (κ2) is 7.78. The molecule has 0 aliphatic heterocycles. The molecular formula is C15H24N2O3. The Labute approximate surface area is 120 Å². The summed E-state index contributed by atoms with van der Waals surface area (Å²) in [5.74, 6) is 1.89. The summed E-state index contributed by atoms with van der Waals surface area (Å²) in [5.41, 5.74) is 0. The summed E-state index contributed by atoms with van der Waals surface area (Å²) in [6.07, 6.45) is 8.09. The fourth-order valence-electron chi connectivity index (χ4n) is 2.10. The average Bonchev–Trinajstić information content (AvgIpc) is 3.16. The van der Waals surface area contributed by atoms with E-state index in [-0.39, 0.29) is 25.0 Å². The molecule has 0 radical (unpaired) electrons. The van der Waals surface area contributed by atoms with Crippen molar-refractivity contribution in [3.05, 3.63) is 0 Å². The molecule has 2 amide bonds. The van der Waals surface area contributed by atoms with Crippen LogP contribution in [0.2, 0.25) is 0 Å². The van der Waals surface area contributed by atoms with Gasteiger partial charge in [-0.1, -0.05) is 19.8 Å². The molecule has 20 heavy (non-hydrogen) atoms. The maximum Gasteiger partial charge on any atom is 0.318 e. The molecule has 0 aromatic rings. The Bertz CT molecular complexity index is 383. The second-order valence-electron chi connectivity index (χ2n) is 5.88. The SMILES string of the molecule is C#CCN(CC1CC1)C(=O)NCC(CC(C)C)C(=O)O. The predicted molar refractivity (Wildman–Crippen MR) is 77.1 cm³/mol. The van der Waals surface area contributed by atoms with Gasteiger partial charge in [0.05, 0.1) is 12.5 Å². The molecule has 1 saturated carbocycles. The van der Waals surface area contributed by atoms with Gasteiger partial charge in [0.25, 0.3) is 0 Å². The summed E-state index contributed by atoms with van der Waals surface area (Å²) in [7, 11) is 0. The fraction of sp³-hybridized carbons (Fsp3) is 0.733. The zero-order chi connectivity index (χ0) is 15.1. The Hall–Kier alpha value is -1.70. The van der Waals surface area contributed by atoms with E-state index in [0.29, 0.717) is 18.9 Å². The first-order valence-electron chi connectivity index (χ1n) is 7.13. The van der Waals surface area contributed by atoms with Crippen LogP contribution in [0.25, 0.3) is 0 Å². The number of urea groups is 1. The average molecular weight is 280 g/mol. The topological polar surface area (TPSA) is 69.6 Å². The molecule has 1 rings (SSSR count). The number of aliphatic carboxylic acids is 1. The Morgan fingerprint density at radius 2 is 2.10 bits per heavy atom. The number of amides is 2. The number of carboxylic acid groups (broad SMARTS) is 1. The van der Waals surface area contributed by atoms with Gasteiger partial charge in [0.2, 0.25) is 0 Å². The number of carbonyl (C=O) groups excluding carboxylic acids is 1. The third kappa shape index (κ3) is 5.96. The van der Waals surface area contributed by atoms with E-state index in [1.54, 1.807) is 4.90 Å². The molecule has 0 aromatic heterocycles. The molecule has 0 spiro atoms. The van der Waals surface area contributed by atoms with Crippen LogP contribution in [-0.4, -0.2) is 41.6 Å². The highest BCUT2D eigenvalue weighted by atomic mass is 16.4. The molecule has 0 saturated heterocycles. The lowest BCUT2D eigenvalue weighted by Crippen LogP contribution is -2.44. The van der Waals surface area contributed by atoms with Crippen LogP contribution in [0.15, 0.2) is 0 Å². The lowest BCUT2D eigenvalue weighted by molar-refractivity contribution is -0.142. The lowest BCUT2D eigenvalue weighted by Gasteiger charge is -2.22. The summed E-state index contributed by atoms with van der Waals surface area (Å²) < 4.78 is 0. The van der Waals surface area contributed by atoms with E-state index >= 15 is 0 Å². The smallest absolute Gasteiger partial charge is 0.318 e. The van der Waals surface area contributed by atoms with E-state index in [2.05, 4.69) is 11.2 Å². The van der Waals surface area contributed by atoms with Gasteiger partial charge in [-0.25, -0.2) is 4.79 Å². The minimum Gasteiger partial charge on any atom is -0.481 e. The van der Waals surface area contributed by atoms with Crippen molar-refractivity contribution in [3.8, 4) is 12.3 Å². The molecule has 0 aromatic carbocycles. The molecular weight excluding hydrogens is 256 g/mol. The third-order valence-electron chi connectivity index (χ3n) is 3.35. The molecule has 0 bridgehead atoms. The monoisotopic (exact) mass is 280 g/mol. The van der Waals surface area contributed by atoms with E-state index in [4.69, 9.17) is 11.5 Å². The minimum absolute atomic E-state index is 0.151. The van der Waals surface area contributed by atoms with Gasteiger partial charge < -0.3 is 15.3 Å². The Morgan fingerprint density at radius 1 is 1.45 bits per heavy atom. The Morgan fingerprint density at radius 3 is 2.55 bits per heavy atom. The molecule has 2 N–H and O–H groups in total. The molecule has 112 valence electrons. The van der Waals surface area contributed by atoms with Crippen molar-refractivity contribution in [2.75, 3.05) is 19.6 Å². The van der Waals surface area contributed by atoms with E-state index in [1.807, 2.05) is 13.8 Å². The number of hydrogen-bond donors (Lipinski definition) is 2. The summed E-state index contributed by atoms with van der Waals surface area (Å²) in [4.78, 5) is 24.8. The highest BCUT2D eigenvalue weighted by Gasteiger charge is 2.27. The lowest BCUT2D eigenvalue weighted by atomic mass is 9.97. The number of nitrogens with zero attached hydrogens (tertiary/aromatic N) is 1. The second-order valence-corrected chi connectivity index (χ2v) is 5.88. The normalized spacial score (nSPS) is 15.5. The number of nitrogens with one attached hydrogen (secondary N) is 1. The molecule has 5 heteroatoms. The maximum atomic E-state index is 12.0. The number of carbonyl (C=O) groups is 2. The molecule has 1 aliphatic carbocycles. The van der Waals surface area contributed by atoms with Gasteiger partial charge >= 0.3 is 12.0 Å². The number of rotatable bonds is 8. The van der Waals surface area contributed by atoms with Gasteiger partial charge in [-0.15, -0.1) is 6.42 Å². The van der Waals surface area contributed by atoms with Crippen molar-refractivity contribution in [2.24, 2.45) is 17.8 Å². The van der Waals surface area contributed by atoms with E-state index in [9.17, 15) is 9.59 Å². The van der Waals surface area contributed by atoms with Crippen LogP contribution >= 0.6 is 0 Å². The Kier molecular flexibility index (Phi) is 6.37. The first-order valence-corrected chi connectivity index (χ1v) is 7.13. The number of hydrogen-bond acceptors (Lipinski definition) is 2. The van der Waals surface area contributed by atoms with Crippen molar-refractivity contribution in [1.82, 2.24) is 10.2 Å². The highest BCUT2D eigenvalue weighted by Crippen LogP contribution is 2.29. The highest BCUT2D eigenvalue weighted by molar-refractivity contribution is 5.76. The van der Waals surface area contributed by atoms with Crippen LogP contribution in [0.4, 0.5) is 4.79 Å². The predicted octanol–water partition coefficient (Wildman–Crippen LogP) is 1.79. The summed E-state index contributed by atoms with van der Waals surface area (Å²) in [5, 5.41) is 11.8. The zero-order valence-corrected chi connectivity index (χ0v) is 12.3. The van der Waals surface area contributed by atoms with E-state index < -0.39 is 11.9 Å². The molecule has 1 atom stereocenters. The van der Waals surface area contributed by atoms with Crippen LogP contribution in [0.3, 0.4) is 0 Å². The molecule has 5 nitrogen and oxygen atoms in total. The van der Waals surface area contributed by atoms with Crippen LogP contribution in [0.1, 0.15) is 33.1 Å². The van der Waals surface area contributed by atoms with Gasteiger partial charge in [0, 0.05) is 13.1 Å². The van der Waals surface area contributed by atoms with Crippen LogP contribution in [-0.2, 0) is 4.79 Å². The first-order chi connectivity index (χ1) is 9.43. The van der Waals surface area contributed by atoms with Gasteiger partial charge in [0.15, 0.2) is 0 Å². The standard InChI is InChI=1S/C15H24N2O3/c1-4-7-17(10-12-5-6-12)15(20)16-9-13(14(18)19)8-11(2)3/h1,11-13H,5-10H2,2-3H3,(H,16,20)(H,18,19). The van der Waals surface area contributed by atoms with Gasteiger partial charge in [-0.2, -0.15) is 0 Å². The quantitative estimate of drug-likeness (QED) is 0.666. The van der Waals surface area contributed by atoms with Crippen molar-refractivity contribution >= 4 is 12.0 Å². The summed E-state index contributed by atoms with van der Waals surface area (Å²) in [6.45, 7) is 5.02. The fourth-order valence-corrected chi connectivity index (χ4v) is 2.10. The van der Waals surface area contributed by atoms with Crippen molar-refractivity contribution < 1.29 is 14.7 Å². The van der Waals surface area contributed by atoms with E-state index in [1.165, 1.54) is 0 Å². The molecule has 1 fully saturated rings. The first kappa shape index (κ1) is 16.4. The molecule has 0 heterocycles. The zero-order valence-electron chi connectivity index (χ0n) is 12.3. The van der Waals surface area contributed by atoms with Gasteiger partial charge in [-0.05, 0) is 31.1 Å². The molecule has 1 unspecified atom stereocenters. The van der Waals surface area contributed by atoms with Gasteiger partial charge in [-0.3, -0.25) is 4.79 Å². The van der Waals surface area contributed by atoms with Crippen LogP contribution in [0, 0.1) is 30.1 Å². The van der Waals surface area contributed by atoms with Crippen molar-refractivity contribution in [1.29, 1.82) is 0 Å². The van der Waals surface area contributed by atoms with E-state index in [0.717, 1.165) is 12.8 Å². The maximum absolute atomic E-state index is 12.0. The minimum atomic E-state index is -0.871. The van der Waals surface area contributed by atoms with Crippen LogP contribution < -0.4 is 5.32 Å². The van der Waals surface area contributed by atoms with Crippen molar-refractivity contribution in [3.63, 3.8) is 0 Å². The summed E-state index contributed by atoms with van der Waals surface area (Å²) in [6, 6.07) is -0.259. The number of terminal acetylenes is 1. The summed E-state index contributed by atoms with van der Waals surface area (Å²) >= 11 is 0. The van der Waals surface area contributed by atoms with Crippen LogP contribution in [0.5, 0.6) is 0 Å². The number of carboxylic acids is 1. The largest absolute Gasteiger partial charge is 0.481 e. The van der Waals surface area contributed by atoms with Gasteiger partial charge in [0.1, 0.15) is 0 Å². The molecule has 1 aliphatic rings. The van der Waals surface area contributed by atoms with Crippen molar-refractivity contribution in [2.45, 2.75) is 33.1 Å². The Balaban J connectivity index is 2.44. The third-order valence-corrected chi connectivity index (χ3v) is 3.35.